The Morgan fingerprint density at radius 3 is 3.00 bits per heavy atom. The number of rotatable bonds is 5. The van der Waals surface area contributed by atoms with Gasteiger partial charge in [-0.25, -0.2) is 4.79 Å². The summed E-state index contributed by atoms with van der Waals surface area (Å²) in [6, 6.07) is -0.202. The summed E-state index contributed by atoms with van der Waals surface area (Å²) in [5, 5.41) is 9.51. The Bertz CT molecular complexity index is 337. The van der Waals surface area contributed by atoms with Crippen LogP contribution in [0.2, 0.25) is 0 Å². The number of aryl methyl sites for hydroxylation is 1. The van der Waals surface area contributed by atoms with Crippen LogP contribution in [0, 0.1) is 0 Å². The van der Waals surface area contributed by atoms with Crippen molar-refractivity contribution in [1.82, 2.24) is 20.4 Å². The first-order chi connectivity index (χ1) is 7.61. The Hall–Kier alpha value is -1.56. The van der Waals surface area contributed by atoms with E-state index >= 15 is 0 Å². The Kier molecular flexibility index (Phi) is 4.78. The fourth-order valence-electron chi connectivity index (χ4n) is 1.31. The molecule has 1 rings (SSSR count). The van der Waals surface area contributed by atoms with Gasteiger partial charge in [-0.05, 0) is 6.92 Å². The number of methoxy groups -OCH3 is 1. The Labute approximate surface area is 95.0 Å². The standard InChI is InChI=1S/C10H18N4O2/c1-8(7-16-3)13-10(15)11-4-9-5-12-14(2)6-9/h5-6,8H,4,7H2,1-3H3,(H2,11,13,15)/t8-/m1/s1. The Balaban J connectivity index is 2.25. The van der Waals surface area contributed by atoms with Crippen molar-refractivity contribution in [3.05, 3.63) is 18.0 Å². The smallest absolute Gasteiger partial charge is 0.315 e. The van der Waals surface area contributed by atoms with Crippen molar-refractivity contribution in [3.63, 3.8) is 0 Å². The SMILES string of the molecule is COC[C@@H](C)NC(=O)NCc1cnn(C)c1. The van der Waals surface area contributed by atoms with E-state index in [-0.39, 0.29) is 12.1 Å². The van der Waals surface area contributed by atoms with Crippen LogP contribution in [-0.4, -0.2) is 35.6 Å². The molecule has 0 spiro atoms. The average molecular weight is 226 g/mol. The summed E-state index contributed by atoms with van der Waals surface area (Å²) in [5.74, 6) is 0. The molecule has 0 aliphatic rings. The van der Waals surface area contributed by atoms with Gasteiger partial charge in [-0.2, -0.15) is 5.10 Å². The second kappa shape index (κ2) is 6.12. The van der Waals surface area contributed by atoms with Crippen molar-refractivity contribution in [2.75, 3.05) is 13.7 Å². The quantitative estimate of drug-likeness (QED) is 0.756. The van der Waals surface area contributed by atoms with Crippen LogP contribution in [0.1, 0.15) is 12.5 Å². The summed E-state index contributed by atoms with van der Waals surface area (Å²) in [5.41, 5.74) is 0.969. The Morgan fingerprint density at radius 1 is 1.69 bits per heavy atom. The first-order valence-corrected chi connectivity index (χ1v) is 5.12. The minimum Gasteiger partial charge on any atom is -0.383 e. The molecular formula is C10H18N4O2. The molecule has 0 radical (unpaired) electrons. The number of amides is 2. The number of hydrogen-bond donors (Lipinski definition) is 2. The van der Waals surface area contributed by atoms with E-state index in [0.717, 1.165) is 5.56 Å². The lowest BCUT2D eigenvalue weighted by molar-refractivity contribution is 0.171. The highest BCUT2D eigenvalue weighted by atomic mass is 16.5. The maximum Gasteiger partial charge on any atom is 0.315 e. The third-order valence-corrected chi connectivity index (χ3v) is 2.01. The average Bonchev–Trinajstić information content (AvgIpc) is 2.61. The number of nitrogens with one attached hydrogen (secondary N) is 2. The van der Waals surface area contributed by atoms with E-state index in [1.54, 1.807) is 18.0 Å². The molecule has 90 valence electrons. The molecule has 1 heterocycles. The van der Waals surface area contributed by atoms with Gasteiger partial charge in [-0.1, -0.05) is 0 Å². The number of hydrogen-bond acceptors (Lipinski definition) is 3. The summed E-state index contributed by atoms with van der Waals surface area (Å²) >= 11 is 0. The number of carbonyl (C=O) groups excluding carboxylic acids is 1. The van der Waals surface area contributed by atoms with E-state index in [4.69, 9.17) is 4.74 Å². The van der Waals surface area contributed by atoms with Gasteiger partial charge in [0.05, 0.1) is 18.8 Å². The number of aromatic nitrogens is 2. The second-order valence-corrected chi connectivity index (χ2v) is 3.71. The molecule has 0 aliphatic heterocycles. The van der Waals surface area contributed by atoms with Gasteiger partial charge in [0, 0.05) is 32.5 Å². The minimum atomic E-state index is -0.201. The molecule has 16 heavy (non-hydrogen) atoms. The van der Waals surface area contributed by atoms with Crippen molar-refractivity contribution in [2.45, 2.75) is 19.5 Å². The largest absolute Gasteiger partial charge is 0.383 e. The normalized spacial score (nSPS) is 12.2. The molecule has 1 atom stereocenters. The van der Waals surface area contributed by atoms with E-state index in [1.165, 1.54) is 0 Å². The molecule has 0 saturated carbocycles. The van der Waals surface area contributed by atoms with Crippen molar-refractivity contribution < 1.29 is 9.53 Å². The molecule has 0 saturated heterocycles. The predicted molar refractivity (Wildman–Crippen MR) is 59.9 cm³/mol. The number of nitrogens with zero attached hydrogens (tertiary/aromatic N) is 2. The van der Waals surface area contributed by atoms with Crippen LogP contribution in [0.5, 0.6) is 0 Å². The molecule has 2 amide bonds. The maximum absolute atomic E-state index is 11.4. The summed E-state index contributed by atoms with van der Waals surface area (Å²) < 4.78 is 6.61. The first kappa shape index (κ1) is 12.5. The fourth-order valence-corrected chi connectivity index (χ4v) is 1.31. The molecule has 0 fully saturated rings. The van der Waals surface area contributed by atoms with Gasteiger partial charge < -0.3 is 15.4 Å². The van der Waals surface area contributed by atoms with E-state index in [9.17, 15) is 4.79 Å². The van der Waals surface area contributed by atoms with Gasteiger partial charge >= 0.3 is 6.03 Å². The molecule has 1 aromatic heterocycles. The lowest BCUT2D eigenvalue weighted by Gasteiger charge is -2.13. The predicted octanol–water partition coefficient (Wildman–Crippen LogP) is 0.254. The van der Waals surface area contributed by atoms with E-state index in [1.807, 2.05) is 20.2 Å². The number of ether oxygens (including phenoxy) is 1. The van der Waals surface area contributed by atoms with Crippen molar-refractivity contribution in [2.24, 2.45) is 7.05 Å². The third kappa shape index (κ3) is 4.31. The summed E-state index contributed by atoms with van der Waals surface area (Å²) in [6.45, 7) is 2.85. The van der Waals surface area contributed by atoms with Crippen LogP contribution in [-0.2, 0) is 18.3 Å². The monoisotopic (exact) mass is 226 g/mol. The van der Waals surface area contributed by atoms with Gasteiger partial charge in [-0.3, -0.25) is 4.68 Å². The van der Waals surface area contributed by atoms with Crippen LogP contribution in [0.15, 0.2) is 12.4 Å². The molecule has 1 aromatic rings. The Morgan fingerprint density at radius 2 is 2.44 bits per heavy atom. The first-order valence-electron chi connectivity index (χ1n) is 5.12. The molecule has 2 N–H and O–H groups in total. The molecule has 0 aliphatic carbocycles. The minimum absolute atomic E-state index is 0.00102. The van der Waals surface area contributed by atoms with Gasteiger partial charge in [-0.15, -0.1) is 0 Å². The molecule has 6 nitrogen and oxygen atoms in total. The van der Waals surface area contributed by atoms with Gasteiger partial charge in [0.2, 0.25) is 0 Å². The lowest BCUT2D eigenvalue weighted by atomic mass is 10.3. The van der Waals surface area contributed by atoms with E-state index < -0.39 is 0 Å². The van der Waals surface area contributed by atoms with Crippen LogP contribution < -0.4 is 10.6 Å². The maximum atomic E-state index is 11.4. The topological polar surface area (TPSA) is 68.2 Å². The van der Waals surface area contributed by atoms with Crippen LogP contribution in [0.4, 0.5) is 4.79 Å². The van der Waals surface area contributed by atoms with Crippen molar-refractivity contribution >= 4 is 6.03 Å². The number of carbonyl (C=O) groups is 1. The molecule has 6 heteroatoms. The molecule has 0 unspecified atom stereocenters. The molecule has 0 bridgehead atoms. The highest BCUT2D eigenvalue weighted by Gasteiger charge is 2.06. The summed E-state index contributed by atoms with van der Waals surface area (Å²) in [4.78, 5) is 11.4. The zero-order valence-electron chi connectivity index (χ0n) is 9.86. The highest BCUT2D eigenvalue weighted by molar-refractivity contribution is 5.74. The van der Waals surface area contributed by atoms with Crippen LogP contribution in [0.3, 0.4) is 0 Å². The number of urea groups is 1. The lowest BCUT2D eigenvalue weighted by Crippen LogP contribution is -2.42. The van der Waals surface area contributed by atoms with Crippen molar-refractivity contribution in [1.29, 1.82) is 0 Å². The van der Waals surface area contributed by atoms with Gasteiger partial charge in [0.25, 0.3) is 0 Å². The van der Waals surface area contributed by atoms with Crippen LogP contribution >= 0.6 is 0 Å². The highest BCUT2D eigenvalue weighted by Crippen LogP contribution is 1.94. The van der Waals surface area contributed by atoms with Gasteiger partial charge in [0.1, 0.15) is 0 Å². The summed E-state index contributed by atoms with van der Waals surface area (Å²) in [6.07, 6.45) is 3.58. The van der Waals surface area contributed by atoms with E-state index in [2.05, 4.69) is 15.7 Å². The molecular weight excluding hydrogens is 208 g/mol. The van der Waals surface area contributed by atoms with Crippen molar-refractivity contribution in [3.8, 4) is 0 Å². The second-order valence-electron chi connectivity index (χ2n) is 3.71. The molecule has 0 aromatic carbocycles. The summed E-state index contributed by atoms with van der Waals surface area (Å²) in [7, 11) is 3.44. The zero-order chi connectivity index (χ0) is 12.0. The van der Waals surface area contributed by atoms with Crippen LogP contribution in [0.25, 0.3) is 0 Å². The third-order valence-electron chi connectivity index (χ3n) is 2.01. The van der Waals surface area contributed by atoms with E-state index in [0.29, 0.717) is 13.2 Å². The van der Waals surface area contributed by atoms with Gasteiger partial charge in [0.15, 0.2) is 0 Å². The zero-order valence-corrected chi connectivity index (χ0v) is 9.86. The fraction of sp³-hybridized carbons (Fsp3) is 0.600.